The molecular formula is C30H49IO2Si. The Morgan fingerprint density at radius 3 is 2.62 bits per heavy atom. The molecule has 34 heavy (non-hydrogen) atoms. The zero-order valence-electron chi connectivity index (χ0n) is 23.0. The Hall–Kier alpha value is 0.0869. The fourth-order valence-electron chi connectivity index (χ4n) is 7.46. The van der Waals surface area contributed by atoms with Gasteiger partial charge in [0, 0.05) is 0 Å². The molecule has 192 valence electrons. The third-order valence-corrected chi connectivity index (χ3v) is 15.3. The fourth-order valence-corrected chi connectivity index (χ4v) is 9.41. The minimum atomic E-state index is -1.81. The van der Waals surface area contributed by atoms with Gasteiger partial charge >= 0.3 is 0 Å². The molecule has 0 N–H and O–H groups in total. The molecule has 0 bridgehead atoms. The monoisotopic (exact) mass is 596 g/mol. The Balaban J connectivity index is 1.58. The number of hydrogen-bond donors (Lipinski definition) is 0. The van der Waals surface area contributed by atoms with Gasteiger partial charge < -0.3 is 9.16 Å². The van der Waals surface area contributed by atoms with Crippen LogP contribution >= 0.6 is 22.6 Å². The van der Waals surface area contributed by atoms with Crippen LogP contribution in [0.15, 0.2) is 33.0 Å². The zero-order chi connectivity index (χ0) is 24.9. The van der Waals surface area contributed by atoms with Crippen molar-refractivity contribution in [3.8, 4) is 0 Å². The molecular weight excluding hydrogens is 547 g/mol. The Labute approximate surface area is 224 Å². The van der Waals surface area contributed by atoms with Gasteiger partial charge in [-0.3, -0.25) is 0 Å². The van der Waals surface area contributed by atoms with Crippen LogP contribution in [0.5, 0.6) is 0 Å². The van der Waals surface area contributed by atoms with Gasteiger partial charge in [-0.1, -0.05) is 81.9 Å². The maximum absolute atomic E-state index is 6.99. The molecule has 7 atom stereocenters. The molecule has 0 saturated heterocycles. The van der Waals surface area contributed by atoms with Crippen molar-refractivity contribution in [1.29, 1.82) is 0 Å². The number of rotatable bonds is 5. The lowest BCUT2D eigenvalue weighted by Crippen LogP contribution is -2.45. The molecule has 1 heterocycles. The van der Waals surface area contributed by atoms with E-state index >= 15 is 0 Å². The first kappa shape index (κ1) is 27.1. The summed E-state index contributed by atoms with van der Waals surface area (Å²) in [4.78, 5) is 0. The lowest BCUT2D eigenvalue weighted by molar-refractivity contribution is 0.108. The number of fused-ring (bicyclic) bond motifs is 1. The summed E-state index contributed by atoms with van der Waals surface area (Å²) in [6.45, 7) is 20.1. The first-order valence-electron chi connectivity index (χ1n) is 13.9. The summed E-state index contributed by atoms with van der Waals surface area (Å²) >= 11 is 2.39. The van der Waals surface area contributed by atoms with E-state index in [-0.39, 0.29) is 17.2 Å². The smallest absolute Gasteiger partial charge is 0.192 e. The highest BCUT2D eigenvalue weighted by Gasteiger charge is 2.51. The predicted octanol–water partition coefficient (Wildman–Crippen LogP) is 9.23. The van der Waals surface area contributed by atoms with Gasteiger partial charge in [-0.2, -0.15) is 0 Å². The third kappa shape index (κ3) is 5.09. The van der Waals surface area contributed by atoms with Crippen LogP contribution in [-0.4, -0.2) is 27.1 Å². The molecule has 4 heteroatoms. The third-order valence-electron chi connectivity index (χ3n) is 10.4. The molecule has 2 nitrogen and oxygen atoms in total. The van der Waals surface area contributed by atoms with Crippen LogP contribution in [0.4, 0.5) is 0 Å². The van der Waals surface area contributed by atoms with Gasteiger partial charge in [0.2, 0.25) is 0 Å². The van der Waals surface area contributed by atoms with E-state index < -0.39 is 8.32 Å². The summed E-state index contributed by atoms with van der Waals surface area (Å²) in [5, 5.41) is 0.241. The topological polar surface area (TPSA) is 18.5 Å². The number of halogens is 1. The van der Waals surface area contributed by atoms with Gasteiger partial charge in [0.25, 0.3) is 0 Å². The number of ether oxygens (including phenoxy) is 1. The highest BCUT2D eigenvalue weighted by Crippen LogP contribution is 2.60. The average Bonchev–Trinajstić information content (AvgIpc) is 3.28. The van der Waals surface area contributed by atoms with Gasteiger partial charge in [-0.25, -0.2) is 0 Å². The van der Waals surface area contributed by atoms with Crippen LogP contribution in [-0.2, 0) is 9.16 Å². The largest absolute Gasteiger partial charge is 0.410 e. The van der Waals surface area contributed by atoms with Crippen LogP contribution in [0, 0.1) is 29.1 Å². The van der Waals surface area contributed by atoms with Crippen LogP contribution in [0.2, 0.25) is 18.1 Å². The first-order chi connectivity index (χ1) is 15.9. The van der Waals surface area contributed by atoms with Crippen molar-refractivity contribution < 1.29 is 9.16 Å². The van der Waals surface area contributed by atoms with Crippen molar-refractivity contribution in [2.45, 2.75) is 117 Å². The Morgan fingerprint density at radius 2 is 1.94 bits per heavy atom. The second-order valence-electron chi connectivity index (χ2n) is 13.7. The Kier molecular flexibility index (Phi) is 8.06. The quantitative estimate of drug-likeness (QED) is 0.179. The lowest BCUT2D eigenvalue weighted by Gasteiger charge is -2.44. The number of hydrogen-bond acceptors (Lipinski definition) is 2. The van der Waals surface area contributed by atoms with E-state index in [2.05, 4.69) is 93.5 Å². The molecule has 2 saturated carbocycles. The minimum Gasteiger partial charge on any atom is -0.410 e. The summed E-state index contributed by atoms with van der Waals surface area (Å²) in [5.41, 5.74) is 5.22. The van der Waals surface area contributed by atoms with Gasteiger partial charge in [0.15, 0.2) is 8.32 Å². The van der Waals surface area contributed by atoms with Crippen LogP contribution in [0.3, 0.4) is 0 Å². The Bertz CT molecular complexity index is 850. The SMILES string of the molecule is C[C@@H]1CC2=C(COC2/C=C2\CCC[C@]3(C)[C@@H]([C@H](C)/C=C/I)CC[C@@H]23)[C@@H](O[Si](C)(C)C(C)(C)C)C1. The average molecular weight is 597 g/mol. The fraction of sp³-hybridized carbons (Fsp3) is 0.800. The lowest BCUT2D eigenvalue weighted by atomic mass is 9.61. The molecule has 1 unspecified atom stereocenters. The molecule has 0 aromatic heterocycles. The maximum atomic E-state index is 6.99. The second-order valence-corrected chi connectivity index (χ2v) is 19.2. The zero-order valence-corrected chi connectivity index (χ0v) is 26.2. The van der Waals surface area contributed by atoms with Crippen molar-refractivity contribution in [3.05, 3.63) is 33.0 Å². The van der Waals surface area contributed by atoms with E-state index in [1.165, 1.54) is 44.1 Å². The molecule has 1 aliphatic heterocycles. The van der Waals surface area contributed by atoms with Crippen molar-refractivity contribution >= 4 is 30.9 Å². The summed E-state index contributed by atoms with van der Waals surface area (Å²) in [6.07, 6.45) is 14.5. The highest BCUT2D eigenvalue weighted by atomic mass is 127. The maximum Gasteiger partial charge on any atom is 0.192 e. The van der Waals surface area contributed by atoms with Crippen molar-refractivity contribution in [2.24, 2.45) is 29.1 Å². The van der Waals surface area contributed by atoms with Crippen LogP contribution in [0.1, 0.15) is 86.5 Å². The summed E-state index contributed by atoms with van der Waals surface area (Å²) in [5.74, 6) is 2.90. The van der Waals surface area contributed by atoms with E-state index in [0.29, 0.717) is 17.3 Å². The standard InChI is InChI=1S/C30H49IO2Si/c1-20-16-23-24(28(17-20)33-34(7,8)29(3,4)5)19-32-27(23)18-22-10-9-14-30(6)25(11-12-26(22)30)21(2)13-15-31/h13,15,18,20-21,25-28H,9-12,14,16-17,19H2,1-8H3/b15-13+,22-18+/t20-,21-,25-,26+,27?,28+,30-/m1/s1. The molecule has 2 fully saturated rings. The number of allylic oxidation sites excluding steroid dienone is 2. The van der Waals surface area contributed by atoms with Crippen LogP contribution in [0.25, 0.3) is 0 Å². The molecule has 0 aromatic carbocycles. The molecule has 4 aliphatic rings. The first-order valence-corrected chi connectivity index (χ1v) is 18.0. The molecule has 4 rings (SSSR count). The van der Waals surface area contributed by atoms with E-state index in [9.17, 15) is 0 Å². The van der Waals surface area contributed by atoms with Crippen molar-refractivity contribution in [1.82, 2.24) is 0 Å². The molecule has 0 amide bonds. The van der Waals surface area contributed by atoms with Gasteiger partial charge in [0.05, 0.1) is 18.8 Å². The highest BCUT2D eigenvalue weighted by molar-refractivity contribution is 14.1. The van der Waals surface area contributed by atoms with Gasteiger partial charge in [-0.15, -0.1) is 0 Å². The minimum absolute atomic E-state index is 0.186. The van der Waals surface area contributed by atoms with E-state index in [4.69, 9.17) is 9.16 Å². The second kappa shape index (κ2) is 10.1. The van der Waals surface area contributed by atoms with E-state index in [1.807, 2.05) is 0 Å². The van der Waals surface area contributed by atoms with Crippen molar-refractivity contribution in [2.75, 3.05) is 6.61 Å². The molecule has 0 radical (unpaired) electrons. The van der Waals surface area contributed by atoms with Crippen molar-refractivity contribution in [3.63, 3.8) is 0 Å². The van der Waals surface area contributed by atoms with Gasteiger partial charge in [0.1, 0.15) is 0 Å². The molecule has 0 aromatic rings. The summed E-state index contributed by atoms with van der Waals surface area (Å²) < 4.78 is 15.8. The Morgan fingerprint density at radius 1 is 1.21 bits per heavy atom. The summed E-state index contributed by atoms with van der Waals surface area (Å²) in [6, 6.07) is 0. The van der Waals surface area contributed by atoms with E-state index in [1.54, 1.807) is 11.1 Å². The normalized spacial score (nSPS) is 39.1. The van der Waals surface area contributed by atoms with Crippen LogP contribution < -0.4 is 0 Å². The molecule has 0 spiro atoms. The predicted molar refractivity (Wildman–Crippen MR) is 156 cm³/mol. The van der Waals surface area contributed by atoms with Gasteiger partial charge in [-0.05, 0) is 107 Å². The molecule has 3 aliphatic carbocycles. The summed E-state index contributed by atoms with van der Waals surface area (Å²) in [7, 11) is -1.81. The van der Waals surface area contributed by atoms with E-state index in [0.717, 1.165) is 24.9 Å².